The monoisotopic (exact) mass is 329 g/mol. The van der Waals surface area contributed by atoms with E-state index in [-0.39, 0.29) is 4.90 Å². The average molecular weight is 329 g/mol. The molecule has 0 saturated carbocycles. The molecule has 0 bridgehead atoms. The average Bonchev–Trinajstić information content (AvgIpc) is 2.42. The number of hydrogen-bond donors (Lipinski definition) is 1. The molecule has 0 amide bonds. The van der Waals surface area contributed by atoms with E-state index in [1.165, 1.54) is 0 Å². The number of sulfonamides is 1. The second-order valence-electron chi connectivity index (χ2n) is 4.95. The molecule has 2 aromatic rings. The Morgan fingerprint density at radius 3 is 2.09 bits per heavy atom. The fraction of sp³-hybridized carbons (Fsp3) is 0.200. The molecule has 0 aliphatic heterocycles. The summed E-state index contributed by atoms with van der Waals surface area (Å²) in [6, 6.07) is 8.64. The summed E-state index contributed by atoms with van der Waals surface area (Å²) in [7, 11) is -3.93. The van der Waals surface area contributed by atoms with Crippen LogP contribution in [0, 0.1) is 13.8 Å². The third-order valence-electron chi connectivity index (χ3n) is 3.13. The number of alkyl halides is 3. The molecule has 118 valence electrons. The summed E-state index contributed by atoms with van der Waals surface area (Å²) in [5.41, 5.74) is 1.11. The zero-order chi connectivity index (χ0) is 16.5. The molecule has 0 saturated heterocycles. The third kappa shape index (κ3) is 3.59. The first-order valence-electron chi connectivity index (χ1n) is 6.37. The highest BCUT2D eigenvalue weighted by molar-refractivity contribution is 7.92. The second kappa shape index (κ2) is 5.64. The van der Waals surface area contributed by atoms with Gasteiger partial charge in [0.25, 0.3) is 10.0 Å². The van der Waals surface area contributed by atoms with Crippen LogP contribution in [-0.4, -0.2) is 8.42 Å². The lowest BCUT2D eigenvalue weighted by Crippen LogP contribution is -2.14. The van der Waals surface area contributed by atoms with Crippen LogP contribution in [-0.2, 0) is 16.2 Å². The molecular formula is C15H14F3NO2S. The maximum atomic E-state index is 12.5. The van der Waals surface area contributed by atoms with Gasteiger partial charge in [0.2, 0.25) is 0 Å². The van der Waals surface area contributed by atoms with E-state index in [1.807, 2.05) is 13.0 Å². The van der Waals surface area contributed by atoms with Gasteiger partial charge in [-0.2, -0.15) is 13.2 Å². The second-order valence-corrected chi connectivity index (χ2v) is 6.63. The lowest BCUT2D eigenvalue weighted by atomic mass is 10.1. The number of benzene rings is 2. The van der Waals surface area contributed by atoms with Crippen LogP contribution < -0.4 is 4.72 Å². The maximum Gasteiger partial charge on any atom is 0.416 e. The fourth-order valence-corrected chi connectivity index (χ4v) is 2.99. The van der Waals surface area contributed by atoms with E-state index < -0.39 is 21.8 Å². The van der Waals surface area contributed by atoms with Crippen molar-refractivity contribution >= 4 is 15.7 Å². The molecule has 0 atom stereocenters. The van der Waals surface area contributed by atoms with E-state index in [2.05, 4.69) is 4.72 Å². The molecule has 0 spiro atoms. The van der Waals surface area contributed by atoms with Crippen LogP contribution in [0.1, 0.15) is 16.7 Å². The van der Waals surface area contributed by atoms with Gasteiger partial charge in [-0.1, -0.05) is 12.1 Å². The number of anilines is 1. The summed E-state index contributed by atoms with van der Waals surface area (Å²) >= 11 is 0. The molecular weight excluding hydrogens is 315 g/mol. The summed E-state index contributed by atoms with van der Waals surface area (Å²) in [4.78, 5) is -0.221. The van der Waals surface area contributed by atoms with Gasteiger partial charge >= 0.3 is 6.18 Å². The van der Waals surface area contributed by atoms with Gasteiger partial charge < -0.3 is 0 Å². The summed E-state index contributed by atoms with van der Waals surface area (Å²) in [6.07, 6.45) is -4.50. The molecule has 0 aliphatic carbocycles. The van der Waals surface area contributed by atoms with Crippen molar-refractivity contribution in [1.29, 1.82) is 0 Å². The maximum absolute atomic E-state index is 12.5. The molecule has 22 heavy (non-hydrogen) atoms. The van der Waals surface area contributed by atoms with Crippen LogP contribution in [0.4, 0.5) is 18.9 Å². The van der Waals surface area contributed by atoms with Gasteiger partial charge in [0.05, 0.1) is 16.1 Å². The van der Waals surface area contributed by atoms with Crippen molar-refractivity contribution in [2.45, 2.75) is 24.9 Å². The lowest BCUT2D eigenvalue weighted by molar-refractivity contribution is -0.137. The Hall–Kier alpha value is -2.02. The number of halogens is 3. The van der Waals surface area contributed by atoms with Gasteiger partial charge in [0.1, 0.15) is 0 Å². The Morgan fingerprint density at radius 2 is 1.55 bits per heavy atom. The highest BCUT2D eigenvalue weighted by Crippen LogP contribution is 2.30. The molecule has 7 heteroatoms. The first kappa shape index (κ1) is 16.4. The topological polar surface area (TPSA) is 46.2 Å². The largest absolute Gasteiger partial charge is 0.416 e. The van der Waals surface area contributed by atoms with Gasteiger partial charge in [-0.3, -0.25) is 4.72 Å². The Bertz CT molecular complexity index is 781. The van der Waals surface area contributed by atoms with Crippen LogP contribution in [0.3, 0.4) is 0 Å². The molecule has 0 radical (unpaired) electrons. The van der Waals surface area contributed by atoms with E-state index in [0.717, 1.165) is 35.4 Å². The molecule has 0 fully saturated rings. The smallest absolute Gasteiger partial charge is 0.279 e. The third-order valence-corrected chi connectivity index (χ3v) is 4.51. The highest BCUT2D eigenvalue weighted by Gasteiger charge is 2.30. The van der Waals surface area contributed by atoms with Crippen molar-refractivity contribution in [2.24, 2.45) is 0 Å². The minimum absolute atomic E-state index is 0.221. The molecule has 0 aromatic heterocycles. The van der Waals surface area contributed by atoms with Crippen molar-refractivity contribution in [3.63, 3.8) is 0 Å². The van der Waals surface area contributed by atoms with E-state index in [0.29, 0.717) is 5.69 Å². The summed E-state index contributed by atoms with van der Waals surface area (Å²) < 4.78 is 64.3. The van der Waals surface area contributed by atoms with Gasteiger partial charge in [0.15, 0.2) is 0 Å². The Labute approximate surface area is 126 Å². The Balaban J connectivity index is 2.33. The van der Waals surface area contributed by atoms with E-state index in [4.69, 9.17) is 0 Å². The van der Waals surface area contributed by atoms with Crippen molar-refractivity contribution in [3.05, 3.63) is 59.2 Å². The first-order chi connectivity index (χ1) is 10.1. The zero-order valence-corrected chi connectivity index (χ0v) is 12.7. The van der Waals surface area contributed by atoms with E-state index in [1.54, 1.807) is 19.1 Å². The Kier molecular flexibility index (Phi) is 4.19. The summed E-state index contributed by atoms with van der Waals surface area (Å²) in [6.45, 7) is 3.55. The van der Waals surface area contributed by atoms with Crippen LogP contribution in [0.15, 0.2) is 47.4 Å². The van der Waals surface area contributed by atoms with Crippen LogP contribution in [0.2, 0.25) is 0 Å². The Morgan fingerprint density at radius 1 is 0.955 bits per heavy atom. The number of aryl methyl sites for hydroxylation is 2. The molecule has 0 aliphatic rings. The quantitative estimate of drug-likeness (QED) is 0.920. The van der Waals surface area contributed by atoms with Crippen molar-refractivity contribution in [3.8, 4) is 0 Å². The van der Waals surface area contributed by atoms with Crippen molar-refractivity contribution in [2.75, 3.05) is 4.72 Å². The van der Waals surface area contributed by atoms with Gasteiger partial charge in [0, 0.05) is 0 Å². The zero-order valence-electron chi connectivity index (χ0n) is 11.9. The predicted molar refractivity (Wildman–Crippen MR) is 78.2 cm³/mol. The van der Waals surface area contributed by atoms with Crippen LogP contribution >= 0.6 is 0 Å². The molecule has 2 rings (SSSR count). The molecule has 2 aromatic carbocycles. The van der Waals surface area contributed by atoms with E-state index >= 15 is 0 Å². The fourth-order valence-electron chi connectivity index (χ4n) is 1.87. The van der Waals surface area contributed by atoms with Crippen molar-refractivity contribution < 1.29 is 21.6 Å². The predicted octanol–water partition coefficient (Wildman–Crippen LogP) is 4.12. The summed E-state index contributed by atoms with van der Waals surface area (Å²) in [5, 5.41) is 0. The van der Waals surface area contributed by atoms with Crippen molar-refractivity contribution in [1.82, 2.24) is 0 Å². The van der Waals surface area contributed by atoms with Crippen LogP contribution in [0.25, 0.3) is 0 Å². The standard InChI is InChI=1S/C15H14F3NO2S/c1-10-3-4-11(2)14(9-10)19-22(20,21)13-7-5-12(6-8-13)15(16,17)18/h3-9,19H,1-2H3. The lowest BCUT2D eigenvalue weighted by Gasteiger charge is -2.12. The molecule has 0 unspecified atom stereocenters. The minimum Gasteiger partial charge on any atom is -0.279 e. The molecule has 1 N–H and O–H groups in total. The number of hydrogen-bond acceptors (Lipinski definition) is 2. The SMILES string of the molecule is Cc1ccc(C)c(NS(=O)(=O)c2ccc(C(F)(F)F)cc2)c1. The number of nitrogens with one attached hydrogen (secondary N) is 1. The van der Waals surface area contributed by atoms with Gasteiger partial charge in [-0.05, 0) is 55.3 Å². The normalized spacial score (nSPS) is 12.2. The van der Waals surface area contributed by atoms with E-state index in [9.17, 15) is 21.6 Å². The molecule has 3 nitrogen and oxygen atoms in total. The highest BCUT2D eigenvalue weighted by atomic mass is 32.2. The van der Waals surface area contributed by atoms with Gasteiger partial charge in [-0.15, -0.1) is 0 Å². The summed E-state index contributed by atoms with van der Waals surface area (Å²) in [5.74, 6) is 0. The van der Waals surface area contributed by atoms with Gasteiger partial charge in [-0.25, -0.2) is 8.42 Å². The number of rotatable bonds is 3. The minimum atomic E-state index is -4.50. The van der Waals surface area contributed by atoms with Crippen LogP contribution in [0.5, 0.6) is 0 Å². The first-order valence-corrected chi connectivity index (χ1v) is 7.85. The molecule has 0 heterocycles.